The van der Waals surface area contributed by atoms with Crippen LogP contribution in [0.2, 0.25) is 0 Å². The van der Waals surface area contributed by atoms with Gasteiger partial charge in [0.2, 0.25) is 0 Å². The van der Waals surface area contributed by atoms with Crippen LogP contribution in [0.4, 0.5) is 10.5 Å². The van der Waals surface area contributed by atoms with Crippen LogP contribution in [-0.2, 0) is 22.6 Å². The molecular formula is C26H26N4O3. The SMILES string of the molecule is N#Cc1ccc2c(c1)CN(C(=O)Nc1ccc(C3=CCNC(C(=O)C4CCOC4)C3)cc1)C2. The molecule has 3 aliphatic heterocycles. The fourth-order valence-electron chi connectivity index (χ4n) is 4.76. The van der Waals surface area contributed by atoms with Gasteiger partial charge in [0.25, 0.3) is 0 Å². The number of rotatable bonds is 4. The van der Waals surface area contributed by atoms with Crippen molar-refractivity contribution in [1.29, 1.82) is 5.26 Å². The van der Waals surface area contributed by atoms with Gasteiger partial charge in [-0.05, 0) is 59.4 Å². The number of ketones is 1. The zero-order chi connectivity index (χ0) is 22.8. The Morgan fingerprint density at radius 3 is 2.70 bits per heavy atom. The van der Waals surface area contributed by atoms with Crippen LogP contribution in [0.5, 0.6) is 0 Å². The summed E-state index contributed by atoms with van der Waals surface area (Å²) in [4.78, 5) is 27.2. The molecule has 0 radical (unpaired) electrons. The van der Waals surface area contributed by atoms with Crippen molar-refractivity contribution in [3.63, 3.8) is 0 Å². The molecule has 168 valence electrons. The molecule has 0 aliphatic carbocycles. The molecule has 0 aromatic heterocycles. The van der Waals surface area contributed by atoms with Crippen molar-refractivity contribution in [2.75, 3.05) is 25.1 Å². The van der Waals surface area contributed by atoms with Crippen molar-refractivity contribution < 1.29 is 14.3 Å². The summed E-state index contributed by atoms with van der Waals surface area (Å²) in [6, 6.07) is 15.1. The van der Waals surface area contributed by atoms with Crippen LogP contribution < -0.4 is 10.6 Å². The number of nitrogens with one attached hydrogen (secondary N) is 2. The summed E-state index contributed by atoms with van der Waals surface area (Å²) in [6.45, 7) is 2.90. The van der Waals surface area contributed by atoms with E-state index in [0.717, 1.165) is 34.4 Å². The lowest BCUT2D eigenvalue weighted by atomic mass is 9.88. The Hall–Kier alpha value is -3.47. The minimum atomic E-state index is -0.172. The average Bonchev–Trinajstić information content (AvgIpc) is 3.54. The van der Waals surface area contributed by atoms with Crippen LogP contribution in [0.25, 0.3) is 5.57 Å². The monoisotopic (exact) mass is 442 g/mol. The van der Waals surface area contributed by atoms with E-state index in [1.54, 1.807) is 11.0 Å². The van der Waals surface area contributed by atoms with Crippen molar-refractivity contribution in [3.05, 3.63) is 70.8 Å². The zero-order valence-corrected chi connectivity index (χ0v) is 18.3. The molecule has 2 atom stereocenters. The van der Waals surface area contributed by atoms with Gasteiger partial charge < -0.3 is 20.3 Å². The van der Waals surface area contributed by atoms with E-state index in [4.69, 9.17) is 10.00 Å². The minimum Gasteiger partial charge on any atom is -0.381 e. The highest BCUT2D eigenvalue weighted by molar-refractivity contribution is 5.91. The van der Waals surface area contributed by atoms with Gasteiger partial charge in [-0.15, -0.1) is 0 Å². The standard InChI is InChI=1S/C26H26N4O3/c27-13-17-1-2-20-14-30(15-22(20)11-17)26(32)29-23-5-3-18(4-6-23)19-7-9-28-24(12-19)25(31)21-8-10-33-16-21/h1-7,11,21,24,28H,8-10,12,14-16H2,(H,29,32). The van der Waals surface area contributed by atoms with Gasteiger partial charge in [0.05, 0.1) is 24.3 Å². The third-order valence-electron chi connectivity index (χ3n) is 6.66. The quantitative estimate of drug-likeness (QED) is 0.756. The Labute approximate surface area is 193 Å². The van der Waals surface area contributed by atoms with Gasteiger partial charge in [-0.25, -0.2) is 4.79 Å². The number of nitriles is 1. The molecule has 5 rings (SSSR count). The highest BCUT2D eigenvalue weighted by Gasteiger charge is 2.31. The molecule has 2 unspecified atom stereocenters. The Morgan fingerprint density at radius 1 is 1.12 bits per heavy atom. The van der Waals surface area contributed by atoms with E-state index in [1.165, 1.54) is 0 Å². The molecule has 7 nitrogen and oxygen atoms in total. The lowest BCUT2D eigenvalue weighted by Crippen LogP contribution is -2.42. The Bertz CT molecular complexity index is 1140. The number of anilines is 1. The number of hydrogen-bond donors (Lipinski definition) is 2. The third-order valence-corrected chi connectivity index (χ3v) is 6.66. The van der Waals surface area contributed by atoms with E-state index in [2.05, 4.69) is 22.8 Å². The zero-order valence-electron chi connectivity index (χ0n) is 18.3. The predicted octanol–water partition coefficient (Wildman–Crippen LogP) is 3.46. The van der Waals surface area contributed by atoms with Crippen molar-refractivity contribution in [3.8, 4) is 6.07 Å². The molecule has 1 fully saturated rings. The second-order valence-electron chi connectivity index (χ2n) is 8.82. The van der Waals surface area contributed by atoms with Crippen LogP contribution in [0.3, 0.4) is 0 Å². The molecule has 7 heteroatoms. The number of Topliss-reactive ketones (excluding diaryl/α,β-unsaturated/α-hetero) is 1. The van der Waals surface area contributed by atoms with Crippen molar-refractivity contribution in [2.24, 2.45) is 5.92 Å². The number of hydrogen-bond acceptors (Lipinski definition) is 5. The second kappa shape index (κ2) is 9.18. The highest BCUT2D eigenvalue weighted by atomic mass is 16.5. The molecule has 2 amide bonds. The summed E-state index contributed by atoms with van der Waals surface area (Å²) < 4.78 is 5.38. The van der Waals surface area contributed by atoms with Gasteiger partial charge >= 0.3 is 6.03 Å². The molecule has 1 saturated heterocycles. The molecule has 0 bridgehead atoms. The molecule has 3 heterocycles. The maximum atomic E-state index is 12.8. The van der Waals surface area contributed by atoms with E-state index in [9.17, 15) is 9.59 Å². The van der Waals surface area contributed by atoms with Crippen LogP contribution in [0, 0.1) is 17.2 Å². The minimum absolute atomic E-state index is 0.00246. The van der Waals surface area contributed by atoms with Gasteiger partial charge in [0.1, 0.15) is 0 Å². The topological polar surface area (TPSA) is 94.5 Å². The van der Waals surface area contributed by atoms with Gasteiger partial charge in [-0.2, -0.15) is 5.26 Å². The van der Waals surface area contributed by atoms with Gasteiger partial charge in [-0.1, -0.05) is 24.3 Å². The summed E-state index contributed by atoms with van der Waals surface area (Å²) in [5.41, 5.74) is 5.64. The molecule has 2 N–H and O–H groups in total. The summed E-state index contributed by atoms with van der Waals surface area (Å²) >= 11 is 0. The maximum Gasteiger partial charge on any atom is 0.322 e. The largest absolute Gasteiger partial charge is 0.381 e. The first kappa shape index (κ1) is 21.4. The third kappa shape index (κ3) is 4.54. The predicted molar refractivity (Wildman–Crippen MR) is 124 cm³/mol. The molecule has 33 heavy (non-hydrogen) atoms. The number of amides is 2. The Balaban J connectivity index is 1.19. The van der Waals surface area contributed by atoms with Crippen LogP contribution in [-0.4, -0.2) is 42.5 Å². The van der Waals surface area contributed by atoms with Crippen LogP contribution in [0.15, 0.2) is 48.5 Å². The number of benzene rings is 2. The lowest BCUT2D eigenvalue weighted by Gasteiger charge is -2.25. The molecule has 0 spiro atoms. The molecule has 2 aromatic carbocycles. The Kier molecular flexibility index (Phi) is 5.95. The van der Waals surface area contributed by atoms with E-state index in [0.29, 0.717) is 44.8 Å². The summed E-state index contributed by atoms with van der Waals surface area (Å²) in [7, 11) is 0. The highest BCUT2D eigenvalue weighted by Crippen LogP contribution is 2.28. The first-order chi connectivity index (χ1) is 16.1. The molecule has 3 aliphatic rings. The number of carbonyl (C=O) groups excluding carboxylic acids is 2. The van der Waals surface area contributed by atoms with E-state index < -0.39 is 0 Å². The number of urea groups is 1. The first-order valence-electron chi connectivity index (χ1n) is 11.3. The number of ether oxygens (including phenoxy) is 1. The summed E-state index contributed by atoms with van der Waals surface area (Å²) in [5, 5.41) is 15.4. The summed E-state index contributed by atoms with van der Waals surface area (Å²) in [5.74, 6) is 0.248. The van der Waals surface area contributed by atoms with E-state index in [-0.39, 0.29) is 23.8 Å². The van der Waals surface area contributed by atoms with Gasteiger partial charge in [-0.3, -0.25) is 4.79 Å². The van der Waals surface area contributed by atoms with Gasteiger partial charge in [0, 0.05) is 37.8 Å². The van der Waals surface area contributed by atoms with Crippen molar-refractivity contribution in [2.45, 2.75) is 32.0 Å². The van der Waals surface area contributed by atoms with Crippen LogP contribution >= 0.6 is 0 Å². The van der Waals surface area contributed by atoms with Crippen molar-refractivity contribution >= 4 is 23.1 Å². The molecular weight excluding hydrogens is 416 g/mol. The smallest absolute Gasteiger partial charge is 0.322 e. The Morgan fingerprint density at radius 2 is 1.94 bits per heavy atom. The van der Waals surface area contributed by atoms with E-state index >= 15 is 0 Å². The fraction of sp³-hybridized carbons (Fsp3) is 0.346. The average molecular weight is 443 g/mol. The normalized spacial score (nSPS) is 21.8. The van der Waals surface area contributed by atoms with Crippen molar-refractivity contribution in [1.82, 2.24) is 10.2 Å². The number of carbonyl (C=O) groups is 2. The second-order valence-corrected chi connectivity index (χ2v) is 8.82. The lowest BCUT2D eigenvalue weighted by molar-refractivity contribution is -0.124. The first-order valence-corrected chi connectivity index (χ1v) is 11.3. The number of nitrogens with zero attached hydrogens (tertiary/aromatic N) is 2. The summed E-state index contributed by atoms with van der Waals surface area (Å²) in [6.07, 6.45) is 3.60. The van der Waals surface area contributed by atoms with E-state index in [1.807, 2.05) is 36.4 Å². The molecule has 2 aromatic rings. The number of fused-ring (bicyclic) bond motifs is 1. The van der Waals surface area contributed by atoms with Gasteiger partial charge in [0.15, 0.2) is 5.78 Å². The van der Waals surface area contributed by atoms with Crippen LogP contribution in [0.1, 0.15) is 35.1 Å². The fourth-order valence-corrected chi connectivity index (χ4v) is 4.76. The molecule has 0 saturated carbocycles. The maximum absolute atomic E-state index is 12.8.